The van der Waals surface area contributed by atoms with E-state index in [0.29, 0.717) is 13.2 Å². The fourth-order valence-corrected chi connectivity index (χ4v) is 2.79. The van der Waals surface area contributed by atoms with Gasteiger partial charge in [-0.2, -0.15) is 0 Å². The number of aromatic nitrogens is 1. The van der Waals surface area contributed by atoms with Crippen LogP contribution in [0, 0.1) is 0 Å². The molecule has 0 amide bonds. The van der Waals surface area contributed by atoms with Gasteiger partial charge in [0.2, 0.25) is 10.0 Å². The van der Waals surface area contributed by atoms with Crippen LogP contribution in [0.4, 0.5) is 0 Å². The van der Waals surface area contributed by atoms with Gasteiger partial charge < -0.3 is 15.0 Å². The third-order valence-electron chi connectivity index (χ3n) is 2.61. The van der Waals surface area contributed by atoms with Crippen molar-refractivity contribution in [2.24, 2.45) is 12.8 Å². The first-order valence-electron chi connectivity index (χ1n) is 5.87. The van der Waals surface area contributed by atoms with E-state index in [0.717, 1.165) is 5.69 Å². The summed E-state index contributed by atoms with van der Waals surface area (Å²) in [7, 11) is -1.72. The van der Waals surface area contributed by atoms with Gasteiger partial charge in [-0.05, 0) is 19.9 Å². The smallest absolute Gasteiger partial charge is 0.242 e. The first kappa shape index (κ1) is 15.2. The van der Waals surface area contributed by atoms with Gasteiger partial charge in [0, 0.05) is 38.6 Å². The number of sulfonamides is 1. The minimum Gasteiger partial charge on any atom is -0.377 e. The number of ether oxygens (including phenoxy) is 1. The molecule has 18 heavy (non-hydrogen) atoms. The molecule has 0 bridgehead atoms. The molecule has 1 aromatic heterocycles. The van der Waals surface area contributed by atoms with Crippen LogP contribution in [-0.4, -0.2) is 32.2 Å². The highest BCUT2D eigenvalue weighted by Crippen LogP contribution is 2.12. The maximum Gasteiger partial charge on any atom is 0.242 e. The number of nitrogens with one attached hydrogen (secondary N) is 1. The van der Waals surface area contributed by atoms with E-state index in [1.165, 1.54) is 0 Å². The highest BCUT2D eigenvalue weighted by molar-refractivity contribution is 7.89. The van der Waals surface area contributed by atoms with Gasteiger partial charge in [-0.1, -0.05) is 0 Å². The minimum atomic E-state index is -3.49. The summed E-state index contributed by atoms with van der Waals surface area (Å²) in [5, 5.41) is 0. The molecule has 1 atom stereocenters. The molecule has 0 fully saturated rings. The maximum atomic E-state index is 12.0. The molecule has 0 aromatic carbocycles. The van der Waals surface area contributed by atoms with E-state index in [1.807, 2.05) is 13.8 Å². The molecule has 1 unspecified atom stereocenters. The number of aryl methyl sites for hydroxylation is 1. The van der Waals surface area contributed by atoms with Crippen molar-refractivity contribution in [1.29, 1.82) is 0 Å². The quantitative estimate of drug-likeness (QED) is 0.743. The highest BCUT2D eigenvalue weighted by atomic mass is 32.2. The summed E-state index contributed by atoms with van der Waals surface area (Å²) in [6, 6.07) is 1.58. The van der Waals surface area contributed by atoms with Crippen LogP contribution in [-0.2, 0) is 28.4 Å². The van der Waals surface area contributed by atoms with Crippen molar-refractivity contribution in [3.63, 3.8) is 0 Å². The van der Waals surface area contributed by atoms with Gasteiger partial charge in [-0.15, -0.1) is 0 Å². The van der Waals surface area contributed by atoms with Crippen LogP contribution in [0.5, 0.6) is 0 Å². The maximum absolute atomic E-state index is 12.0. The Kier molecular flexibility index (Phi) is 5.33. The van der Waals surface area contributed by atoms with Gasteiger partial charge in [0.05, 0.1) is 11.0 Å². The number of rotatable bonds is 7. The lowest BCUT2D eigenvalue weighted by Crippen LogP contribution is -2.32. The van der Waals surface area contributed by atoms with Crippen LogP contribution in [0.3, 0.4) is 0 Å². The van der Waals surface area contributed by atoms with Crippen molar-refractivity contribution in [3.05, 3.63) is 18.0 Å². The van der Waals surface area contributed by atoms with Gasteiger partial charge in [-0.3, -0.25) is 0 Å². The lowest BCUT2D eigenvalue weighted by atomic mass is 10.4. The van der Waals surface area contributed by atoms with Gasteiger partial charge in [0.15, 0.2) is 0 Å². The molecule has 6 nitrogen and oxygen atoms in total. The molecule has 0 radical (unpaired) electrons. The minimum absolute atomic E-state index is 0.150. The average Bonchev–Trinajstić information content (AvgIpc) is 2.69. The van der Waals surface area contributed by atoms with E-state index in [4.69, 9.17) is 10.5 Å². The first-order chi connectivity index (χ1) is 8.40. The van der Waals surface area contributed by atoms with Crippen LogP contribution in [0.2, 0.25) is 0 Å². The zero-order chi connectivity index (χ0) is 13.8. The number of hydrogen-bond donors (Lipinski definition) is 2. The normalized spacial score (nSPS) is 13.8. The Bertz CT molecular complexity index is 482. The molecule has 3 N–H and O–H groups in total. The summed E-state index contributed by atoms with van der Waals surface area (Å²) >= 11 is 0. The molecular formula is C11H21N3O3S. The van der Waals surface area contributed by atoms with Crippen LogP contribution in [0.1, 0.15) is 19.5 Å². The second kappa shape index (κ2) is 6.33. The van der Waals surface area contributed by atoms with Crippen LogP contribution in [0.15, 0.2) is 17.2 Å². The largest absolute Gasteiger partial charge is 0.377 e. The summed E-state index contributed by atoms with van der Waals surface area (Å²) in [4.78, 5) is 0.231. The monoisotopic (exact) mass is 275 g/mol. The van der Waals surface area contributed by atoms with Crippen molar-refractivity contribution in [3.8, 4) is 0 Å². The second-order valence-electron chi connectivity index (χ2n) is 4.10. The lowest BCUT2D eigenvalue weighted by molar-refractivity contribution is 0.0799. The Labute approximate surface area is 108 Å². The number of hydrogen-bond acceptors (Lipinski definition) is 4. The molecule has 0 aliphatic carbocycles. The lowest BCUT2D eigenvalue weighted by Gasteiger charge is -2.12. The summed E-state index contributed by atoms with van der Waals surface area (Å²) in [6.45, 7) is 4.81. The number of nitrogens with zero attached hydrogens (tertiary/aromatic N) is 1. The van der Waals surface area contributed by atoms with E-state index in [9.17, 15) is 8.42 Å². The molecule has 1 heterocycles. The predicted molar refractivity (Wildman–Crippen MR) is 69.6 cm³/mol. The average molecular weight is 275 g/mol. The Morgan fingerprint density at radius 2 is 2.22 bits per heavy atom. The van der Waals surface area contributed by atoms with Crippen molar-refractivity contribution in [2.75, 3.05) is 13.2 Å². The molecule has 0 aliphatic heterocycles. The van der Waals surface area contributed by atoms with Crippen molar-refractivity contribution < 1.29 is 13.2 Å². The molecule has 0 spiro atoms. The summed E-state index contributed by atoms with van der Waals surface area (Å²) in [6.07, 6.45) is 1.40. The molecule has 1 rings (SSSR count). The number of nitrogens with two attached hydrogens (primary N) is 1. The van der Waals surface area contributed by atoms with E-state index in [2.05, 4.69) is 4.72 Å². The van der Waals surface area contributed by atoms with Crippen LogP contribution >= 0.6 is 0 Å². The summed E-state index contributed by atoms with van der Waals surface area (Å²) in [5.74, 6) is 0. The zero-order valence-electron chi connectivity index (χ0n) is 11.0. The molecule has 104 valence electrons. The van der Waals surface area contributed by atoms with Crippen molar-refractivity contribution >= 4 is 10.0 Å². The molecule has 0 aliphatic rings. The van der Waals surface area contributed by atoms with Gasteiger partial charge >= 0.3 is 0 Å². The predicted octanol–water partition coefficient (Wildman–Crippen LogP) is 0.187. The third-order valence-corrected chi connectivity index (χ3v) is 4.00. The Balaban J connectivity index is 2.74. The Morgan fingerprint density at radius 3 is 2.72 bits per heavy atom. The van der Waals surface area contributed by atoms with E-state index in [-0.39, 0.29) is 17.5 Å². The van der Waals surface area contributed by atoms with Crippen LogP contribution < -0.4 is 10.5 Å². The van der Waals surface area contributed by atoms with E-state index in [1.54, 1.807) is 23.9 Å². The molecule has 1 aromatic rings. The zero-order valence-corrected chi connectivity index (χ0v) is 11.8. The Morgan fingerprint density at radius 1 is 1.56 bits per heavy atom. The summed E-state index contributed by atoms with van der Waals surface area (Å²) in [5.41, 5.74) is 6.28. The highest BCUT2D eigenvalue weighted by Gasteiger charge is 2.17. The first-order valence-corrected chi connectivity index (χ1v) is 7.35. The van der Waals surface area contributed by atoms with Gasteiger partial charge in [0.1, 0.15) is 0 Å². The molecule has 0 saturated heterocycles. The molecule has 7 heteroatoms. The van der Waals surface area contributed by atoms with Crippen molar-refractivity contribution in [1.82, 2.24) is 9.29 Å². The molecular weight excluding hydrogens is 254 g/mol. The SMILES string of the molecule is CCOC(C)CNS(=O)(=O)c1cc(CN)n(C)c1. The Hall–Kier alpha value is -0.890. The van der Waals surface area contributed by atoms with Crippen molar-refractivity contribution in [2.45, 2.75) is 31.4 Å². The fourth-order valence-electron chi connectivity index (χ4n) is 1.58. The molecule has 0 saturated carbocycles. The summed E-state index contributed by atoms with van der Waals surface area (Å²) < 4.78 is 33.5. The van der Waals surface area contributed by atoms with Gasteiger partial charge in [-0.25, -0.2) is 13.1 Å². The third kappa shape index (κ3) is 3.81. The topological polar surface area (TPSA) is 86.3 Å². The fraction of sp³-hybridized carbons (Fsp3) is 0.636. The van der Waals surface area contributed by atoms with Gasteiger partial charge in [0.25, 0.3) is 0 Å². The standard InChI is InChI=1S/C11H21N3O3S/c1-4-17-9(2)7-13-18(15,16)11-5-10(6-12)14(3)8-11/h5,8-9,13H,4,6-7,12H2,1-3H3. The second-order valence-corrected chi connectivity index (χ2v) is 5.87. The van der Waals surface area contributed by atoms with E-state index >= 15 is 0 Å². The van der Waals surface area contributed by atoms with E-state index < -0.39 is 10.0 Å². The van der Waals surface area contributed by atoms with Crippen LogP contribution in [0.25, 0.3) is 0 Å².